The number of nitriles is 1. The lowest BCUT2D eigenvalue weighted by molar-refractivity contribution is -0.141. The SMILES string of the molecule is Cc1nn(CC(=O)Nc2ncc(-c3cnccn3)cc2C#N)c(C)c1-c1ccnc(C(F)(F)F)c1. The summed E-state index contributed by atoms with van der Waals surface area (Å²) in [6.45, 7) is 3.07. The number of halogens is 3. The minimum Gasteiger partial charge on any atom is -0.308 e. The molecule has 176 valence electrons. The van der Waals surface area contributed by atoms with Crippen molar-refractivity contribution in [2.45, 2.75) is 26.6 Å². The second-order valence-corrected chi connectivity index (χ2v) is 7.50. The normalized spacial score (nSPS) is 11.2. The lowest BCUT2D eigenvalue weighted by Gasteiger charge is -2.10. The van der Waals surface area contributed by atoms with Gasteiger partial charge in [-0.05, 0) is 37.6 Å². The second kappa shape index (κ2) is 9.30. The van der Waals surface area contributed by atoms with E-state index in [0.29, 0.717) is 33.8 Å². The summed E-state index contributed by atoms with van der Waals surface area (Å²) in [4.78, 5) is 28.4. The topological polar surface area (TPSA) is 122 Å². The number of hydrogen-bond donors (Lipinski definition) is 1. The average molecular weight is 478 g/mol. The minimum absolute atomic E-state index is 0.0656. The van der Waals surface area contributed by atoms with Gasteiger partial charge < -0.3 is 5.32 Å². The van der Waals surface area contributed by atoms with Crippen LogP contribution in [0.4, 0.5) is 19.0 Å². The van der Waals surface area contributed by atoms with Crippen LogP contribution >= 0.6 is 0 Å². The number of aryl methyl sites for hydroxylation is 1. The van der Waals surface area contributed by atoms with Gasteiger partial charge in [0.25, 0.3) is 0 Å². The fraction of sp³-hybridized carbons (Fsp3) is 0.174. The lowest BCUT2D eigenvalue weighted by atomic mass is 10.0. The highest BCUT2D eigenvalue weighted by atomic mass is 19.4. The largest absolute Gasteiger partial charge is 0.433 e. The molecule has 0 saturated carbocycles. The van der Waals surface area contributed by atoms with E-state index in [2.05, 4.69) is 30.4 Å². The van der Waals surface area contributed by atoms with Gasteiger partial charge in [0.15, 0.2) is 5.82 Å². The smallest absolute Gasteiger partial charge is 0.308 e. The quantitative estimate of drug-likeness (QED) is 0.461. The molecule has 0 atom stereocenters. The molecular weight excluding hydrogens is 461 g/mol. The van der Waals surface area contributed by atoms with Crippen molar-refractivity contribution in [2.75, 3.05) is 5.32 Å². The van der Waals surface area contributed by atoms with Gasteiger partial charge in [0.1, 0.15) is 18.3 Å². The maximum Gasteiger partial charge on any atom is 0.433 e. The molecule has 0 radical (unpaired) electrons. The fourth-order valence-electron chi connectivity index (χ4n) is 3.56. The van der Waals surface area contributed by atoms with Crippen molar-refractivity contribution in [1.29, 1.82) is 5.26 Å². The van der Waals surface area contributed by atoms with E-state index < -0.39 is 17.8 Å². The van der Waals surface area contributed by atoms with Crippen LogP contribution < -0.4 is 5.32 Å². The summed E-state index contributed by atoms with van der Waals surface area (Å²) >= 11 is 0. The molecule has 1 amide bonds. The summed E-state index contributed by atoms with van der Waals surface area (Å²) in [5.74, 6) is -0.444. The van der Waals surface area contributed by atoms with Gasteiger partial charge in [0, 0.05) is 41.6 Å². The fourth-order valence-corrected chi connectivity index (χ4v) is 3.56. The predicted octanol–water partition coefficient (Wildman–Crippen LogP) is 3.94. The molecular formula is C23H17F3N8O. The number of aromatic nitrogens is 6. The number of amides is 1. The number of pyridine rings is 2. The molecule has 0 saturated heterocycles. The molecule has 0 unspecified atom stereocenters. The molecule has 4 rings (SSSR count). The highest BCUT2D eigenvalue weighted by Gasteiger charge is 2.33. The summed E-state index contributed by atoms with van der Waals surface area (Å²) in [6.07, 6.45) is 2.52. The molecule has 12 heteroatoms. The van der Waals surface area contributed by atoms with E-state index in [4.69, 9.17) is 0 Å². The molecule has 0 bridgehead atoms. The van der Waals surface area contributed by atoms with Gasteiger partial charge >= 0.3 is 6.18 Å². The van der Waals surface area contributed by atoms with Crippen LogP contribution in [0.15, 0.2) is 49.2 Å². The molecule has 9 nitrogen and oxygen atoms in total. The molecule has 0 fully saturated rings. The Morgan fingerprint density at radius 1 is 1.09 bits per heavy atom. The molecule has 0 aliphatic carbocycles. The number of nitrogens with one attached hydrogen (secondary N) is 1. The highest BCUT2D eigenvalue weighted by Crippen LogP contribution is 2.33. The average Bonchev–Trinajstić information content (AvgIpc) is 3.11. The Morgan fingerprint density at radius 2 is 1.89 bits per heavy atom. The molecule has 35 heavy (non-hydrogen) atoms. The molecule has 4 aromatic heterocycles. The summed E-state index contributed by atoms with van der Waals surface area (Å²) < 4.78 is 40.6. The van der Waals surface area contributed by atoms with Crippen LogP contribution in [0.3, 0.4) is 0 Å². The first-order valence-electron chi connectivity index (χ1n) is 10.2. The van der Waals surface area contributed by atoms with Gasteiger partial charge in [-0.25, -0.2) is 4.98 Å². The van der Waals surface area contributed by atoms with Crippen LogP contribution in [0.2, 0.25) is 0 Å². The van der Waals surface area contributed by atoms with Crippen LogP contribution in [0.1, 0.15) is 22.6 Å². The summed E-state index contributed by atoms with van der Waals surface area (Å²) in [7, 11) is 0. The third kappa shape index (κ3) is 4.98. The van der Waals surface area contributed by atoms with Crippen molar-refractivity contribution in [3.05, 3.63) is 71.8 Å². The van der Waals surface area contributed by atoms with E-state index >= 15 is 0 Å². The van der Waals surface area contributed by atoms with Gasteiger partial charge in [-0.3, -0.25) is 24.4 Å². The Hall–Kier alpha value is -4.66. The lowest BCUT2D eigenvalue weighted by Crippen LogP contribution is -2.21. The predicted molar refractivity (Wildman–Crippen MR) is 119 cm³/mol. The standard InChI is InChI=1S/C23H17F3N8O/c1-13-21(15-3-4-30-19(8-15)23(24,25)26)14(2)34(33-13)12-20(35)32-22-16(9-27)7-17(10-31-22)18-11-28-5-6-29-18/h3-8,10-11H,12H2,1-2H3,(H,31,32,35). The van der Waals surface area contributed by atoms with Crippen LogP contribution in [0, 0.1) is 25.2 Å². The Balaban J connectivity index is 1.56. The van der Waals surface area contributed by atoms with Gasteiger partial charge in [0.2, 0.25) is 5.91 Å². The Kier molecular flexibility index (Phi) is 6.24. The first-order chi connectivity index (χ1) is 16.7. The third-order valence-corrected chi connectivity index (χ3v) is 5.14. The number of rotatable bonds is 5. The number of hydrogen-bond acceptors (Lipinski definition) is 7. The Labute approximate surface area is 197 Å². The molecule has 0 aromatic carbocycles. The van der Waals surface area contributed by atoms with Crippen molar-refractivity contribution < 1.29 is 18.0 Å². The van der Waals surface area contributed by atoms with Crippen LogP contribution in [0.5, 0.6) is 0 Å². The van der Waals surface area contributed by atoms with E-state index in [0.717, 1.165) is 12.3 Å². The van der Waals surface area contributed by atoms with E-state index in [1.165, 1.54) is 41.6 Å². The van der Waals surface area contributed by atoms with E-state index in [1.54, 1.807) is 13.8 Å². The van der Waals surface area contributed by atoms with Crippen molar-refractivity contribution in [1.82, 2.24) is 29.7 Å². The molecule has 1 N–H and O–H groups in total. The highest BCUT2D eigenvalue weighted by molar-refractivity contribution is 5.91. The molecule has 4 heterocycles. The van der Waals surface area contributed by atoms with Crippen LogP contribution in [0.25, 0.3) is 22.4 Å². The number of carbonyl (C=O) groups excluding carboxylic acids is 1. The van der Waals surface area contributed by atoms with Gasteiger partial charge in [0.05, 0.1) is 23.1 Å². The van der Waals surface area contributed by atoms with Crippen molar-refractivity contribution >= 4 is 11.7 Å². The zero-order valence-electron chi connectivity index (χ0n) is 18.5. The summed E-state index contributed by atoms with van der Waals surface area (Å²) in [5, 5.41) is 16.4. The van der Waals surface area contributed by atoms with Crippen molar-refractivity contribution in [3.63, 3.8) is 0 Å². The van der Waals surface area contributed by atoms with Gasteiger partial charge in [-0.2, -0.15) is 23.5 Å². The first-order valence-corrected chi connectivity index (χ1v) is 10.2. The number of anilines is 1. The minimum atomic E-state index is -4.58. The number of nitrogens with zero attached hydrogens (tertiary/aromatic N) is 7. The van der Waals surface area contributed by atoms with Crippen molar-refractivity contribution in [3.8, 4) is 28.5 Å². The van der Waals surface area contributed by atoms with Crippen molar-refractivity contribution in [2.24, 2.45) is 0 Å². The molecule has 0 aliphatic heterocycles. The maximum atomic E-state index is 13.1. The zero-order chi connectivity index (χ0) is 25.2. The molecule has 4 aromatic rings. The summed E-state index contributed by atoms with van der Waals surface area (Å²) in [5.41, 5.74) is 1.94. The van der Waals surface area contributed by atoms with Gasteiger partial charge in [-0.1, -0.05) is 0 Å². The molecule has 0 spiro atoms. The van der Waals surface area contributed by atoms with E-state index in [-0.39, 0.29) is 17.9 Å². The molecule has 0 aliphatic rings. The van der Waals surface area contributed by atoms with Crippen LogP contribution in [-0.2, 0) is 17.5 Å². The monoisotopic (exact) mass is 478 g/mol. The van der Waals surface area contributed by atoms with E-state index in [9.17, 15) is 23.2 Å². The van der Waals surface area contributed by atoms with Gasteiger partial charge in [-0.15, -0.1) is 0 Å². The number of alkyl halides is 3. The Bertz CT molecular complexity index is 1440. The zero-order valence-corrected chi connectivity index (χ0v) is 18.5. The first kappa shape index (κ1) is 23.5. The third-order valence-electron chi connectivity index (χ3n) is 5.14. The van der Waals surface area contributed by atoms with E-state index in [1.807, 2.05) is 6.07 Å². The Morgan fingerprint density at radius 3 is 2.57 bits per heavy atom. The summed E-state index contributed by atoms with van der Waals surface area (Å²) in [6, 6.07) is 5.93. The second-order valence-electron chi connectivity index (χ2n) is 7.50. The number of carbonyl (C=O) groups is 1. The maximum absolute atomic E-state index is 13.1. The van der Waals surface area contributed by atoms with Crippen LogP contribution in [-0.4, -0.2) is 35.6 Å².